The standard InChI is InChI=1S/C45H59N13O15/c46-45-53-40-37(42(69)54-45)51-28(22-50-40)21-49-27-7-5-26(6-8-27)41(68)52-30(43(70)71)9-10-32(59)47-11-1-3-29-36(39(67)38(29)66)48-12-2-4-31(44(72)73)58-19-17-56(24-34(62)63)15-13-55(23-33(60)61)14-16-57(18-20-58)25-35(64)65/h5-8,22,30-31,48-49H,1-4,9-21,23-25H2,(H,47,59)(H,52,68)(H,60,61)(H,62,63)(H,64,65)(H,70,71)(H,72,73)(H3,46,50,53,54,69)/t30-,31?/m0/s1. The van der Waals surface area contributed by atoms with Gasteiger partial charge < -0.3 is 52.5 Å². The van der Waals surface area contributed by atoms with Crippen LogP contribution in [0.25, 0.3) is 11.2 Å². The van der Waals surface area contributed by atoms with Crippen molar-refractivity contribution < 1.29 is 59.1 Å². The van der Waals surface area contributed by atoms with E-state index in [9.17, 15) is 73.5 Å². The van der Waals surface area contributed by atoms with E-state index in [0.717, 1.165) is 0 Å². The number of nitrogens with two attached hydrogens (primary N) is 1. The van der Waals surface area contributed by atoms with Gasteiger partial charge in [0.1, 0.15) is 12.1 Å². The summed E-state index contributed by atoms with van der Waals surface area (Å²) >= 11 is 0. The van der Waals surface area contributed by atoms with E-state index in [4.69, 9.17) is 5.73 Å². The van der Waals surface area contributed by atoms with Crippen LogP contribution in [0.5, 0.6) is 0 Å². The number of nitrogen functional groups attached to an aromatic ring is 1. The molecular formula is C45H59N13O15. The first kappa shape index (κ1) is 56.0. The fraction of sp³-hybridized carbons (Fsp3) is 0.489. The van der Waals surface area contributed by atoms with Crippen LogP contribution < -0.4 is 43.4 Å². The van der Waals surface area contributed by atoms with Crippen LogP contribution in [0.3, 0.4) is 0 Å². The summed E-state index contributed by atoms with van der Waals surface area (Å²) in [6, 6.07) is 3.59. The molecule has 1 saturated heterocycles. The van der Waals surface area contributed by atoms with Crippen LogP contribution in [0.1, 0.15) is 53.7 Å². The fourth-order valence-corrected chi connectivity index (χ4v) is 8.09. The number of benzene rings is 1. The Labute approximate surface area is 415 Å². The summed E-state index contributed by atoms with van der Waals surface area (Å²) < 4.78 is 0. The molecule has 2 aromatic carbocycles. The number of carboxylic acid groups (broad SMARTS) is 5. The molecule has 4 aromatic rings. The lowest BCUT2D eigenvalue weighted by Crippen LogP contribution is -2.51. The van der Waals surface area contributed by atoms with E-state index >= 15 is 0 Å². The number of anilines is 3. The Morgan fingerprint density at radius 2 is 1.29 bits per heavy atom. The number of carbonyl (C=O) groups excluding carboxylic acids is 2. The van der Waals surface area contributed by atoms with Gasteiger partial charge in [-0.25, -0.2) is 14.8 Å². The molecule has 5 rings (SSSR count). The lowest BCUT2D eigenvalue weighted by molar-refractivity contribution is -0.145. The minimum absolute atomic E-state index is 0.0136. The van der Waals surface area contributed by atoms with Gasteiger partial charge in [0.25, 0.3) is 11.5 Å². The average molecular weight is 1020 g/mol. The summed E-state index contributed by atoms with van der Waals surface area (Å²) in [6.45, 7) is 0.362. The number of nitrogens with one attached hydrogen (secondary N) is 5. The Balaban J connectivity index is 1.05. The molecule has 1 aliphatic rings. The topological polar surface area (TPSA) is 413 Å². The third-order valence-electron chi connectivity index (χ3n) is 11.9. The first-order chi connectivity index (χ1) is 34.8. The maximum absolute atomic E-state index is 12.9. The Hall–Kier alpha value is -7.95. The van der Waals surface area contributed by atoms with Crippen molar-refractivity contribution in [3.8, 4) is 0 Å². The van der Waals surface area contributed by atoms with Gasteiger partial charge in [-0.1, -0.05) is 0 Å². The van der Waals surface area contributed by atoms with Crippen molar-refractivity contribution >= 4 is 70.1 Å². The predicted octanol–water partition coefficient (Wildman–Crippen LogP) is -2.66. The number of amides is 2. The molecule has 0 radical (unpaired) electrons. The lowest BCUT2D eigenvalue weighted by atomic mass is 10.0. The highest BCUT2D eigenvalue weighted by Gasteiger charge is 2.29. The van der Waals surface area contributed by atoms with E-state index < -0.39 is 70.2 Å². The van der Waals surface area contributed by atoms with Crippen molar-refractivity contribution in [1.82, 2.24) is 50.2 Å². The Morgan fingerprint density at radius 1 is 0.699 bits per heavy atom. The number of nitrogens with zero attached hydrogens (tertiary/aromatic N) is 7. The van der Waals surface area contributed by atoms with Crippen LogP contribution in [0, 0.1) is 0 Å². The number of fused-ring (bicyclic) bond motifs is 1. The molecule has 0 saturated carbocycles. The maximum Gasteiger partial charge on any atom is 0.326 e. The van der Waals surface area contributed by atoms with Crippen molar-refractivity contribution in [1.29, 1.82) is 0 Å². The van der Waals surface area contributed by atoms with Gasteiger partial charge in [-0.05, 0) is 56.4 Å². The minimum Gasteiger partial charge on any atom is -0.480 e. The summed E-state index contributed by atoms with van der Waals surface area (Å²) in [4.78, 5) is 143. The SMILES string of the molecule is Nc1nc2ncc(CNc3ccc(C(=O)N[C@@H](CCC(=O)NCCCc4c(NCCCC(C(=O)O)N5CCN(CC(=O)O)CCN(CC(=O)O)CCN(CC(=O)O)CC5)c(=O)c4=O)C(=O)O)cc3)nc2c(=O)[nH]1. The van der Waals surface area contributed by atoms with Crippen molar-refractivity contribution in [2.45, 2.75) is 57.2 Å². The van der Waals surface area contributed by atoms with Gasteiger partial charge in [0.05, 0.1) is 43.8 Å². The van der Waals surface area contributed by atoms with Gasteiger partial charge in [-0.3, -0.25) is 67.7 Å². The third kappa shape index (κ3) is 17.4. The molecule has 2 aromatic heterocycles. The van der Waals surface area contributed by atoms with E-state index in [0.29, 0.717) is 11.4 Å². The number of hydrogen-bond donors (Lipinski definition) is 11. The predicted molar refractivity (Wildman–Crippen MR) is 260 cm³/mol. The first-order valence-corrected chi connectivity index (χ1v) is 23.3. The quantitative estimate of drug-likeness (QED) is 0.0226. The van der Waals surface area contributed by atoms with Gasteiger partial charge >= 0.3 is 29.8 Å². The van der Waals surface area contributed by atoms with E-state index in [1.807, 2.05) is 0 Å². The molecule has 3 heterocycles. The molecule has 28 nitrogen and oxygen atoms in total. The van der Waals surface area contributed by atoms with E-state index in [-0.39, 0.29) is 164 Å². The zero-order valence-corrected chi connectivity index (χ0v) is 39.7. The Morgan fingerprint density at radius 3 is 1.85 bits per heavy atom. The first-order valence-electron chi connectivity index (χ1n) is 23.3. The van der Waals surface area contributed by atoms with E-state index in [1.54, 1.807) is 31.7 Å². The maximum atomic E-state index is 12.9. The van der Waals surface area contributed by atoms with Crippen molar-refractivity contribution in [3.05, 3.63) is 78.1 Å². The monoisotopic (exact) mass is 1020 g/mol. The lowest BCUT2D eigenvalue weighted by Gasteiger charge is -2.35. The summed E-state index contributed by atoms with van der Waals surface area (Å²) in [5.74, 6) is -7.18. The zero-order valence-electron chi connectivity index (χ0n) is 39.7. The van der Waals surface area contributed by atoms with Gasteiger partial charge in [-0.15, -0.1) is 0 Å². The number of H-pyrrole nitrogens is 1. The normalized spacial score (nSPS) is 15.3. The number of aromatic nitrogens is 4. The number of aliphatic carboxylic acids is 5. The van der Waals surface area contributed by atoms with Gasteiger partial charge in [0.2, 0.25) is 22.7 Å². The molecule has 1 unspecified atom stereocenters. The third-order valence-corrected chi connectivity index (χ3v) is 11.9. The second-order valence-electron chi connectivity index (χ2n) is 17.3. The summed E-state index contributed by atoms with van der Waals surface area (Å²) in [5.41, 5.74) is 5.08. The molecule has 1 aliphatic heterocycles. The number of carboxylic acids is 5. The highest BCUT2D eigenvalue weighted by Crippen LogP contribution is 2.15. The summed E-state index contributed by atoms with van der Waals surface area (Å²) in [6.07, 6.45) is 1.56. The van der Waals surface area contributed by atoms with Crippen molar-refractivity contribution in [2.75, 3.05) is 101 Å². The molecule has 0 aliphatic carbocycles. The van der Waals surface area contributed by atoms with Crippen LogP contribution in [-0.4, -0.2) is 204 Å². The number of hydrogen-bond acceptors (Lipinski definition) is 20. The largest absolute Gasteiger partial charge is 0.480 e. The van der Waals surface area contributed by atoms with Crippen molar-refractivity contribution in [3.63, 3.8) is 0 Å². The van der Waals surface area contributed by atoms with E-state index in [2.05, 4.69) is 41.2 Å². The van der Waals surface area contributed by atoms with Crippen LogP contribution in [-0.2, 0) is 41.7 Å². The van der Waals surface area contributed by atoms with Crippen LogP contribution in [0.2, 0.25) is 0 Å². The average Bonchev–Trinajstić information content (AvgIpc) is 3.33. The second-order valence-corrected chi connectivity index (χ2v) is 17.3. The fourth-order valence-electron chi connectivity index (χ4n) is 8.09. The van der Waals surface area contributed by atoms with E-state index in [1.165, 1.54) is 18.3 Å². The van der Waals surface area contributed by atoms with Crippen LogP contribution >= 0.6 is 0 Å². The molecular weight excluding hydrogens is 963 g/mol. The zero-order chi connectivity index (χ0) is 53.2. The molecule has 0 spiro atoms. The molecule has 2 amide bonds. The molecule has 0 bridgehead atoms. The number of carbonyl (C=O) groups is 7. The van der Waals surface area contributed by atoms with Gasteiger partial charge in [0.15, 0.2) is 11.2 Å². The number of aromatic amines is 1. The van der Waals surface area contributed by atoms with Crippen molar-refractivity contribution in [2.24, 2.45) is 0 Å². The van der Waals surface area contributed by atoms with Gasteiger partial charge in [0, 0.05) is 88.7 Å². The molecule has 28 heteroatoms. The Kier molecular flexibility index (Phi) is 20.7. The molecule has 12 N–H and O–H groups in total. The number of rotatable bonds is 26. The summed E-state index contributed by atoms with van der Waals surface area (Å²) in [7, 11) is 0. The smallest absolute Gasteiger partial charge is 0.326 e. The highest BCUT2D eigenvalue weighted by atomic mass is 16.4. The van der Waals surface area contributed by atoms with Gasteiger partial charge in [-0.2, -0.15) is 4.98 Å². The molecule has 73 heavy (non-hydrogen) atoms. The Bertz CT molecular complexity index is 2710. The second kappa shape index (κ2) is 27.0. The highest BCUT2D eigenvalue weighted by molar-refractivity contribution is 5.97. The molecule has 1 fully saturated rings. The minimum atomic E-state index is -1.40. The molecule has 394 valence electrons. The van der Waals surface area contributed by atoms with Crippen LogP contribution in [0.15, 0.2) is 44.8 Å². The van der Waals surface area contributed by atoms with Crippen LogP contribution in [0.4, 0.5) is 17.3 Å². The molecule has 2 atom stereocenters. The summed E-state index contributed by atoms with van der Waals surface area (Å²) in [5, 5.41) is 59.6.